The lowest BCUT2D eigenvalue weighted by molar-refractivity contribution is 0.842. The van der Waals surface area contributed by atoms with Crippen LogP contribution in [0.25, 0.3) is 0 Å². The van der Waals surface area contributed by atoms with E-state index >= 15 is 0 Å². The van der Waals surface area contributed by atoms with E-state index in [1.807, 2.05) is 19.1 Å². The van der Waals surface area contributed by atoms with Crippen LogP contribution in [0.5, 0.6) is 0 Å². The van der Waals surface area contributed by atoms with E-state index in [-0.39, 0.29) is 5.56 Å². The number of nitrogens with zero attached hydrogens (tertiary/aromatic N) is 2. The predicted octanol–water partition coefficient (Wildman–Crippen LogP) is 0.768. The van der Waals surface area contributed by atoms with Crippen molar-refractivity contribution >= 4 is 5.82 Å². The molecule has 0 radical (unpaired) electrons. The molecule has 0 amide bonds. The molecule has 0 spiro atoms. The predicted molar refractivity (Wildman–Crippen MR) is 52.8 cm³/mol. The Morgan fingerprint density at radius 1 is 1.69 bits per heavy atom. The molecule has 0 bridgehead atoms. The van der Waals surface area contributed by atoms with Gasteiger partial charge in [-0.25, -0.2) is 4.98 Å². The molecule has 1 N–H and O–H groups in total. The van der Waals surface area contributed by atoms with E-state index in [9.17, 15) is 4.79 Å². The maximum atomic E-state index is 11.4. The van der Waals surface area contributed by atoms with Crippen molar-refractivity contribution in [3.8, 4) is 0 Å². The Kier molecular flexibility index (Phi) is 3.25. The standard InChI is InChI=1S/C9H13N3O/c1-3-4-5-10-8-9(13)12(2)7-6-11-8/h3-4,6-7H,5H2,1-2H3,(H,10,11)/b4-3+. The summed E-state index contributed by atoms with van der Waals surface area (Å²) in [4.78, 5) is 15.3. The number of hydrogen-bond acceptors (Lipinski definition) is 3. The molecule has 0 fully saturated rings. The highest BCUT2D eigenvalue weighted by Gasteiger charge is 1.98. The first-order chi connectivity index (χ1) is 6.25. The lowest BCUT2D eigenvalue weighted by Gasteiger charge is -2.02. The van der Waals surface area contributed by atoms with Gasteiger partial charge in [-0.3, -0.25) is 4.79 Å². The zero-order chi connectivity index (χ0) is 9.68. The molecule has 0 aliphatic heterocycles. The third kappa shape index (κ3) is 2.43. The molecule has 0 unspecified atom stereocenters. The summed E-state index contributed by atoms with van der Waals surface area (Å²) in [5, 5.41) is 2.92. The van der Waals surface area contributed by atoms with Gasteiger partial charge in [-0.15, -0.1) is 0 Å². The molecule has 0 atom stereocenters. The maximum Gasteiger partial charge on any atom is 0.293 e. The van der Waals surface area contributed by atoms with Crippen LogP contribution >= 0.6 is 0 Å². The van der Waals surface area contributed by atoms with E-state index in [0.717, 1.165) is 0 Å². The van der Waals surface area contributed by atoms with Crippen LogP contribution in [0.4, 0.5) is 5.82 Å². The SMILES string of the molecule is C/C=C/CNc1nccn(C)c1=O. The van der Waals surface area contributed by atoms with Gasteiger partial charge in [0.25, 0.3) is 5.56 Å². The molecule has 1 heterocycles. The minimum absolute atomic E-state index is 0.105. The number of aryl methyl sites for hydroxylation is 1. The summed E-state index contributed by atoms with van der Waals surface area (Å²) in [7, 11) is 1.70. The second-order valence-corrected chi connectivity index (χ2v) is 2.64. The average molecular weight is 179 g/mol. The molecule has 0 saturated heterocycles. The van der Waals surface area contributed by atoms with Crippen molar-refractivity contribution in [3.63, 3.8) is 0 Å². The van der Waals surface area contributed by atoms with Crippen LogP contribution in [0.15, 0.2) is 29.3 Å². The Balaban J connectivity index is 2.78. The highest BCUT2D eigenvalue weighted by molar-refractivity contribution is 5.31. The summed E-state index contributed by atoms with van der Waals surface area (Å²) in [6.45, 7) is 2.56. The molecule has 0 saturated carbocycles. The summed E-state index contributed by atoms with van der Waals surface area (Å²) in [6, 6.07) is 0. The first kappa shape index (κ1) is 9.51. The normalized spacial score (nSPS) is 10.6. The van der Waals surface area contributed by atoms with Crippen LogP contribution in [-0.4, -0.2) is 16.1 Å². The Labute approximate surface area is 76.9 Å². The van der Waals surface area contributed by atoms with Gasteiger partial charge < -0.3 is 9.88 Å². The zero-order valence-corrected chi connectivity index (χ0v) is 7.82. The van der Waals surface area contributed by atoms with Crippen LogP contribution in [0.3, 0.4) is 0 Å². The number of anilines is 1. The molecule has 0 aliphatic rings. The van der Waals surface area contributed by atoms with E-state index < -0.39 is 0 Å². The fourth-order valence-corrected chi connectivity index (χ4v) is 0.893. The molecule has 70 valence electrons. The Hall–Kier alpha value is -1.58. The minimum Gasteiger partial charge on any atom is -0.362 e. The van der Waals surface area contributed by atoms with E-state index in [4.69, 9.17) is 0 Å². The third-order valence-corrected chi connectivity index (χ3v) is 1.64. The van der Waals surface area contributed by atoms with Gasteiger partial charge >= 0.3 is 0 Å². The topological polar surface area (TPSA) is 46.9 Å². The second kappa shape index (κ2) is 4.45. The zero-order valence-electron chi connectivity index (χ0n) is 7.82. The van der Waals surface area contributed by atoms with E-state index in [1.54, 1.807) is 19.4 Å². The fourth-order valence-electron chi connectivity index (χ4n) is 0.893. The molecule has 13 heavy (non-hydrogen) atoms. The third-order valence-electron chi connectivity index (χ3n) is 1.64. The van der Waals surface area contributed by atoms with E-state index in [2.05, 4.69) is 10.3 Å². The van der Waals surface area contributed by atoms with Crippen molar-refractivity contribution in [2.24, 2.45) is 7.05 Å². The molecule has 1 aromatic rings. The lowest BCUT2D eigenvalue weighted by Crippen LogP contribution is -2.21. The first-order valence-electron chi connectivity index (χ1n) is 4.12. The largest absolute Gasteiger partial charge is 0.362 e. The van der Waals surface area contributed by atoms with Gasteiger partial charge in [0, 0.05) is 26.0 Å². The number of rotatable bonds is 3. The Morgan fingerprint density at radius 2 is 2.46 bits per heavy atom. The first-order valence-corrected chi connectivity index (χ1v) is 4.12. The Morgan fingerprint density at radius 3 is 3.15 bits per heavy atom. The van der Waals surface area contributed by atoms with Crippen molar-refractivity contribution in [1.82, 2.24) is 9.55 Å². The highest BCUT2D eigenvalue weighted by atomic mass is 16.1. The van der Waals surface area contributed by atoms with Crippen molar-refractivity contribution in [2.75, 3.05) is 11.9 Å². The smallest absolute Gasteiger partial charge is 0.293 e. The Bertz CT molecular complexity index is 354. The van der Waals surface area contributed by atoms with Crippen molar-refractivity contribution in [1.29, 1.82) is 0 Å². The highest BCUT2D eigenvalue weighted by Crippen LogP contribution is 1.90. The maximum absolute atomic E-state index is 11.4. The summed E-state index contributed by atoms with van der Waals surface area (Å²) in [6.07, 6.45) is 7.07. The lowest BCUT2D eigenvalue weighted by atomic mass is 10.5. The van der Waals surface area contributed by atoms with Crippen LogP contribution in [0, 0.1) is 0 Å². The molecule has 0 aromatic carbocycles. The quantitative estimate of drug-likeness (QED) is 0.697. The second-order valence-electron chi connectivity index (χ2n) is 2.64. The van der Waals surface area contributed by atoms with Crippen LogP contribution < -0.4 is 10.9 Å². The molecule has 4 heteroatoms. The number of nitrogens with one attached hydrogen (secondary N) is 1. The molecule has 1 aromatic heterocycles. The van der Waals surface area contributed by atoms with E-state index in [0.29, 0.717) is 12.4 Å². The fraction of sp³-hybridized carbons (Fsp3) is 0.333. The van der Waals surface area contributed by atoms with Gasteiger partial charge in [0.1, 0.15) is 0 Å². The van der Waals surface area contributed by atoms with E-state index in [1.165, 1.54) is 4.57 Å². The van der Waals surface area contributed by atoms with Crippen LogP contribution in [0.2, 0.25) is 0 Å². The number of aromatic nitrogens is 2. The monoisotopic (exact) mass is 179 g/mol. The van der Waals surface area contributed by atoms with Crippen molar-refractivity contribution in [2.45, 2.75) is 6.92 Å². The van der Waals surface area contributed by atoms with Gasteiger partial charge in [-0.05, 0) is 6.92 Å². The van der Waals surface area contributed by atoms with Gasteiger partial charge in [-0.1, -0.05) is 12.2 Å². The van der Waals surface area contributed by atoms with Crippen LogP contribution in [-0.2, 0) is 7.05 Å². The van der Waals surface area contributed by atoms with Gasteiger partial charge in [0.2, 0.25) is 0 Å². The average Bonchev–Trinajstić information content (AvgIpc) is 2.13. The van der Waals surface area contributed by atoms with Crippen molar-refractivity contribution < 1.29 is 0 Å². The summed E-state index contributed by atoms with van der Waals surface area (Å²) in [5.74, 6) is 0.392. The minimum atomic E-state index is -0.105. The van der Waals surface area contributed by atoms with Crippen molar-refractivity contribution in [3.05, 3.63) is 34.9 Å². The summed E-state index contributed by atoms with van der Waals surface area (Å²) in [5.41, 5.74) is -0.105. The molecule has 4 nitrogen and oxygen atoms in total. The molecule has 0 aliphatic carbocycles. The molecular formula is C9H13N3O. The number of hydrogen-bond donors (Lipinski definition) is 1. The number of allylic oxidation sites excluding steroid dienone is 1. The van der Waals surface area contributed by atoms with Gasteiger partial charge in [-0.2, -0.15) is 0 Å². The summed E-state index contributed by atoms with van der Waals surface area (Å²) >= 11 is 0. The molecular weight excluding hydrogens is 166 g/mol. The van der Waals surface area contributed by atoms with Gasteiger partial charge in [0.05, 0.1) is 0 Å². The van der Waals surface area contributed by atoms with Crippen LogP contribution in [0.1, 0.15) is 6.92 Å². The van der Waals surface area contributed by atoms with Gasteiger partial charge in [0.15, 0.2) is 5.82 Å². The molecule has 1 rings (SSSR count). The summed E-state index contributed by atoms with van der Waals surface area (Å²) < 4.78 is 1.49.